The van der Waals surface area contributed by atoms with Crippen LogP contribution in [0, 0.1) is 0 Å². The molecule has 1 rings (SSSR count). The van der Waals surface area contributed by atoms with Gasteiger partial charge < -0.3 is 14.4 Å². The molecule has 0 spiro atoms. The van der Waals surface area contributed by atoms with E-state index in [0.29, 0.717) is 11.4 Å². The van der Waals surface area contributed by atoms with E-state index in [4.69, 9.17) is 0 Å². The minimum absolute atomic E-state index is 0.394. The van der Waals surface area contributed by atoms with E-state index >= 15 is 0 Å². The molecule has 1 aromatic rings. The fraction of sp³-hybridized carbons (Fsp3) is 0.444. The Morgan fingerprint density at radius 2 is 2.23 bits per heavy atom. The quantitative estimate of drug-likeness (QED) is 0.692. The average Bonchev–Trinajstić information content (AvgIpc) is 2.46. The van der Waals surface area contributed by atoms with Crippen molar-refractivity contribution in [2.45, 2.75) is 13.0 Å². The lowest BCUT2D eigenvalue weighted by Crippen LogP contribution is -2.10. The Balaban J connectivity index is 3.06. The van der Waals surface area contributed by atoms with E-state index < -0.39 is 12.1 Å². The lowest BCUT2D eigenvalue weighted by Gasteiger charge is -2.07. The fourth-order valence-corrected chi connectivity index (χ4v) is 1.26. The SMILES string of the molecule is COC(=O)c1ccc([C@H](C)O)n1C. The van der Waals surface area contributed by atoms with Crippen molar-refractivity contribution in [2.24, 2.45) is 7.05 Å². The first-order valence-corrected chi connectivity index (χ1v) is 4.00. The highest BCUT2D eigenvalue weighted by atomic mass is 16.5. The van der Waals surface area contributed by atoms with Gasteiger partial charge in [-0.15, -0.1) is 0 Å². The minimum Gasteiger partial charge on any atom is -0.464 e. The van der Waals surface area contributed by atoms with Gasteiger partial charge in [0.2, 0.25) is 0 Å². The zero-order chi connectivity index (χ0) is 10.0. The molecule has 0 unspecified atom stereocenters. The highest BCUT2D eigenvalue weighted by molar-refractivity contribution is 5.87. The van der Waals surface area contributed by atoms with Gasteiger partial charge >= 0.3 is 5.97 Å². The zero-order valence-corrected chi connectivity index (χ0v) is 7.94. The molecule has 0 aliphatic rings. The third kappa shape index (κ3) is 1.72. The monoisotopic (exact) mass is 183 g/mol. The number of rotatable bonds is 2. The van der Waals surface area contributed by atoms with E-state index in [-0.39, 0.29) is 0 Å². The predicted molar refractivity (Wildman–Crippen MR) is 47.4 cm³/mol. The molecule has 0 bridgehead atoms. The van der Waals surface area contributed by atoms with Crippen molar-refractivity contribution in [3.63, 3.8) is 0 Å². The highest BCUT2D eigenvalue weighted by Gasteiger charge is 2.14. The molecule has 0 fully saturated rings. The van der Waals surface area contributed by atoms with E-state index in [1.54, 1.807) is 30.7 Å². The van der Waals surface area contributed by atoms with Crippen LogP contribution in [0.15, 0.2) is 12.1 Å². The summed E-state index contributed by atoms with van der Waals surface area (Å²) in [6.07, 6.45) is -0.580. The minimum atomic E-state index is -0.580. The lowest BCUT2D eigenvalue weighted by atomic mass is 10.3. The first kappa shape index (κ1) is 9.80. The molecule has 72 valence electrons. The molecular formula is C9H13NO3. The maximum absolute atomic E-state index is 11.1. The van der Waals surface area contributed by atoms with Gasteiger partial charge in [-0.25, -0.2) is 4.79 Å². The summed E-state index contributed by atoms with van der Waals surface area (Å²) < 4.78 is 6.19. The number of hydrogen-bond donors (Lipinski definition) is 1. The van der Waals surface area contributed by atoms with Gasteiger partial charge in [-0.2, -0.15) is 0 Å². The first-order chi connectivity index (χ1) is 6.07. The number of aromatic nitrogens is 1. The van der Waals surface area contributed by atoms with Crippen LogP contribution in [0.5, 0.6) is 0 Å². The van der Waals surface area contributed by atoms with E-state index in [2.05, 4.69) is 4.74 Å². The summed E-state index contributed by atoms with van der Waals surface area (Å²) in [5.41, 5.74) is 1.14. The molecule has 0 radical (unpaired) electrons. The third-order valence-corrected chi connectivity index (χ3v) is 1.98. The van der Waals surface area contributed by atoms with Crippen LogP contribution >= 0.6 is 0 Å². The Kier molecular flexibility index (Phi) is 2.72. The topological polar surface area (TPSA) is 51.5 Å². The Morgan fingerprint density at radius 3 is 2.62 bits per heavy atom. The van der Waals surface area contributed by atoms with Crippen LogP contribution in [-0.2, 0) is 11.8 Å². The van der Waals surface area contributed by atoms with Crippen LogP contribution < -0.4 is 0 Å². The van der Waals surface area contributed by atoms with Crippen LogP contribution in [0.1, 0.15) is 29.2 Å². The van der Waals surface area contributed by atoms with E-state index in [1.165, 1.54) is 7.11 Å². The van der Waals surface area contributed by atoms with Crippen molar-refractivity contribution in [1.29, 1.82) is 0 Å². The average molecular weight is 183 g/mol. The molecule has 0 saturated heterocycles. The molecule has 0 aliphatic heterocycles. The van der Waals surface area contributed by atoms with Gasteiger partial charge in [0.1, 0.15) is 5.69 Å². The van der Waals surface area contributed by atoms with Crippen LogP contribution in [0.25, 0.3) is 0 Å². The summed E-state index contributed by atoms with van der Waals surface area (Å²) >= 11 is 0. The molecule has 1 aromatic heterocycles. The number of carbonyl (C=O) groups is 1. The predicted octanol–water partition coefficient (Wildman–Crippen LogP) is 0.865. The van der Waals surface area contributed by atoms with Crippen LogP contribution in [-0.4, -0.2) is 22.8 Å². The lowest BCUT2D eigenvalue weighted by molar-refractivity contribution is 0.0588. The Hall–Kier alpha value is -1.29. The molecule has 4 nitrogen and oxygen atoms in total. The normalized spacial score (nSPS) is 12.6. The van der Waals surface area contributed by atoms with Gasteiger partial charge in [0, 0.05) is 12.7 Å². The van der Waals surface area contributed by atoms with Crippen molar-refractivity contribution >= 4 is 5.97 Å². The molecular weight excluding hydrogens is 170 g/mol. The van der Waals surface area contributed by atoms with Crippen molar-refractivity contribution in [3.05, 3.63) is 23.5 Å². The van der Waals surface area contributed by atoms with Crippen molar-refractivity contribution in [2.75, 3.05) is 7.11 Å². The number of aliphatic hydroxyl groups excluding tert-OH is 1. The van der Waals surface area contributed by atoms with Gasteiger partial charge in [0.25, 0.3) is 0 Å². The number of hydrogen-bond acceptors (Lipinski definition) is 3. The molecule has 13 heavy (non-hydrogen) atoms. The van der Waals surface area contributed by atoms with Crippen LogP contribution in [0.4, 0.5) is 0 Å². The standard InChI is InChI=1S/C9H13NO3/c1-6(11)7-4-5-8(10(7)2)9(12)13-3/h4-6,11H,1-3H3/t6-/m0/s1. The molecule has 1 atom stereocenters. The second kappa shape index (κ2) is 3.62. The smallest absolute Gasteiger partial charge is 0.354 e. The Labute approximate surface area is 76.7 Å². The summed E-state index contributed by atoms with van der Waals surface area (Å²) in [6.45, 7) is 1.65. The van der Waals surface area contributed by atoms with Crippen molar-refractivity contribution in [1.82, 2.24) is 4.57 Å². The van der Waals surface area contributed by atoms with Crippen LogP contribution in [0.3, 0.4) is 0 Å². The highest BCUT2D eigenvalue weighted by Crippen LogP contribution is 2.15. The maximum atomic E-state index is 11.1. The second-order valence-corrected chi connectivity index (χ2v) is 2.87. The van der Waals surface area contributed by atoms with E-state index in [1.807, 2.05) is 0 Å². The number of aliphatic hydroxyl groups is 1. The zero-order valence-electron chi connectivity index (χ0n) is 7.94. The molecule has 0 aromatic carbocycles. The third-order valence-electron chi connectivity index (χ3n) is 1.98. The number of carbonyl (C=O) groups excluding carboxylic acids is 1. The summed E-state index contributed by atoms with van der Waals surface area (Å²) in [6, 6.07) is 3.34. The largest absolute Gasteiger partial charge is 0.464 e. The van der Waals surface area contributed by atoms with Crippen molar-refractivity contribution < 1.29 is 14.6 Å². The van der Waals surface area contributed by atoms with Gasteiger partial charge in [0.15, 0.2) is 0 Å². The molecule has 1 N–H and O–H groups in total. The van der Waals surface area contributed by atoms with Gasteiger partial charge in [0.05, 0.1) is 13.2 Å². The molecule has 0 saturated carbocycles. The summed E-state index contributed by atoms with van der Waals surface area (Å²) in [5, 5.41) is 9.30. The number of methoxy groups -OCH3 is 1. The molecule has 1 heterocycles. The van der Waals surface area contributed by atoms with E-state index in [9.17, 15) is 9.90 Å². The van der Waals surface area contributed by atoms with Gasteiger partial charge in [-0.05, 0) is 19.1 Å². The number of nitrogens with zero attached hydrogens (tertiary/aromatic N) is 1. The second-order valence-electron chi connectivity index (χ2n) is 2.87. The summed E-state index contributed by atoms with van der Waals surface area (Å²) in [5.74, 6) is -0.394. The first-order valence-electron chi connectivity index (χ1n) is 4.00. The van der Waals surface area contributed by atoms with Crippen LogP contribution in [0.2, 0.25) is 0 Å². The number of esters is 1. The van der Waals surface area contributed by atoms with Gasteiger partial charge in [-0.1, -0.05) is 0 Å². The fourth-order valence-electron chi connectivity index (χ4n) is 1.26. The van der Waals surface area contributed by atoms with E-state index in [0.717, 1.165) is 0 Å². The summed E-state index contributed by atoms with van der Waals surface area (Å²) in [4.78, 5) is 11.1. The summed E-state index contributed by atoms with van der Waals surface area (Å²) in [7, 11) is 3.05. The maximum Gasteiger partial charge on any atom is 0.354 e. The molecule has 0 amide bonds. The molecule has 4 heteroatoms. The van der Waals surface area contributed by atoms with Crippen molar-refractivity contribution in [3.8, 4) is 0 Å². The molecule has 0 aliphatic carbocycles. The number of ether oxygens (including phenoxy) is 1. The Morgan fingerprint density at radius 1 is 1.62 bits per heavy atom. The van der Waals surface area contributed by atoms with Gasteiger partial charge in [-0.3, -0.25) is 0 Å². The Bertz CT molecular complexity index is 315.